The summed E-state index contributed by atoms with van der Waals surface area (Å²) in [6.07, 6.45) is 0.783. The van der Waals surface area contributed by atoms with E-state index in [2.05, 4.69) is 10.6 Å². The Morgan fingerprint density at radius 3 is 2.90 bits per heavy atom. The van der Waals surface area contributed by atoms with Gasteiger partial charge in [0, 0.05) is 37.4 Å². The first kappa shape index (κ1) is 17.8. The Bertz CT molecular complexity index is 441. The molecule has 0 saturated carbocycles. The molecule has 1 aromatic rings. The minimum absolute atomic E-state index is 0.0214. The first-order valence-corrected chi connectivity index (χ1v) is 7.43. The number of hydrogen-bond donors (Lipinski definition) is 2. The quantitative estimate of drug-likeness (QED) is 0.648. The van der Waals surface area contributed by atoms with E-state index in [0.717, 1.165) is 18.5 Å². The standard InChI is InChI=1S/C15H23ClN2O3/c1-3-17-10-12-13(16)6-4-7-14(12)21-11-15(19)18-8-5-9-20-2/h4,6-7,17H,3,5,8-11H2,1-2H3,(H,18,19). The summed E-state index contributed by atoms with van der Waals surface area (Å²) in [6.45, 7) is 4.65. The molecule has 6 heteroatoms. The summed E-state index contributed by atoms with van der Waals surface area (Å²) in [5.41, 5.74) is 0.869. The van der Waals surface area contributed by atoms with Crippen LogP contribution in [0.2, 0.25) is 5.02 Å². The summed E-state index contributed by atoms with van der Waals surface area (Å²) in [5.74, 6) is 0.482. The molecule has 21 heavy (non-hydrogen) atoms. The number of hydrogen-bond acceptors (Lipinski definition) is 4. The number of rotatable bonds is 10. The molecular formula is C15H23ClN2O3. The summed E-state index contributed by atoms with van der Waals surface area (Å²) in [5, 5.41) is 6.61. The number of carbonyl (C=O) groups is 1. The maximum absolute atomic E-state index is 11.7. The number of ether oxygens (including phenoxy) is 2. The van der Waals surface area contributed by atoms with Crippen LogP contribution in [0, 0.1) is 0 Å². The van der Waals surface area contributed by atoms with Crippen LogP contribution in [0.4, 0.5) is 0 Å². The van der Waals surface area contributed by atoms with Gasteiger partial charge < -0.3 is 20.1 Å². The molecule has 0 aliphatic carbocycles. The third-order valence-corrected chi connectivity index (χ3v) is 3.19. The van der Waals surface area contributed by atoms with Crippen LogP contribution in [-0.4, -0.2) is 39.3 Å². The fraction of sp³-hybridized carbons (Fsp3) is 0.533. The van der Waals surface area contributed by atoms with Gasteiger partial charge in [0.2, 0.25) is 0 Å². The van der Waals surface area contributed by atoms with Gasteiger partial charge in [-0.15, -0.1) is 0 Å². The zero-order chi connectivity index (χ0) is 15.5. The zero-order valence-corrected chi connectivity index (χ0v) is 13.3. The van der Waals surface area contributed by atoms with Crippen molar-refractivity contribution in [1.82, 2.24) is 10.6 Å². The molecule has 0 fully saturated rings. The van der Waals surface area contributed by atoms with Gasteiger partial charge >= 0.3 is 0 Å². The number of benzene rings is 1. The molecule has 0 radical (unpaired) electrons. The molecule has 0 saturated heterocycles. The van der Waals surface area contributed by atoms with Gasteiger partial charge in [-0.3, -0.25) is 4.79 Å². The number of amides is 1. The molecule has 2 N–H and O–H groups in total. The monoisotopic (exact) mass is 314 g/mol. The summed E-state index contributed by atoms with van der Waals surface area (Å²) in [4.78, 5) is 11.7. The van der Waals surface area contributed by atoms with Crippen molar-refractivity contribution in [2.24, 2.45) is 0 Å². The smallest absolute Gasteiger partial charge is 0.257 e. The molecule has 118 valence electrons. The Hall–Kier alpha value is -1.30. The second kappa shape index (κ2) is 10.4. The van der Waals surface area contributed by atoms with Gasteiger partial charge in [-0.25, -0.2) is 0 Å². The average molecular weight is 315 g/mol. The van der Waals surface area contributed by atoms with E-state index in [1.807, 2.05) is 25.1 Å². The highest BCUT2D eigenvalue weighted by Crippen LogP contribution is 2.26. The van der Waals surface area contributed by atoms with E-state index in [-0.39, 0.29) is 12.5 Å². The number of nitrogens with one attached hydrogen (secondary N) is 2. The second-order valence-corrected chi connectivity index (χ2v) is 4.89. The number of carbonyl (C=O) groups excluding carboxylic acids is 1. The van der Waals surface area contributed by atoms with Crippen LogP contribution in [0.25, 0.3) is 0 Å². The predicted octanol–water partition coefficient (Wildman–Crippen LogP) is 1.98. The molecule has 0 unspecified atom stereocenters. The zero-order valence-electron chi connectivity index (χ0n) is 12.6. The Morgan fingerprint density at radius 2 is 2.19 bits per heavy atom. The van der Waals surface area contributed by atoms with E-state index < -0.39 is 0 Å². The Kier molecular flexibility index (Phi) is 8.82. The van der Waals surface area contributed by atoms with Crippen LogP contribution in [0.3, 0.4) is 0 Å². The highest BCUT2D eigenvalue weighted by atomic mass is 35.5. The molecular weight excluding hydrogens is 292 g/mol. The van der Waals surface area contributed by atoms with Gasteiger partial charge in [-0.05, 0) is 25.1 Å². The van der Waals surface area contributed by atoms with Crippen LogP contribution >= 0.6 is 11.6 Å². The average Bonchev–Trinajstić information content (AvgIpc) is 2.48. The molecule has 0 atom stereocenters. The van der Waals surface area contributed by atoms with Crippen LogP contribution in [0.5, 0.6) is 5.75 Å². The van der Waals surface area contributed by atoms with E-state index >= 15 is 0 Å². The lowest BCUT2D eigenvalue weighted by atomic mass is 10.2. The number of halogens is 1. The lowest BCUT2D eigenvalue weighted by Gasteiger charge is -2.13. The first-order valence-electron chi connectivity index (χ1n) is 7.05. The summed E-state index contributed by atoms with van der Waals surface area (Å²) in [6, 6.07) is 5.44. The fourth-order valence-electron chi connectivity index (χ4n) is 1.73. The van der Waals surface area contributed by atoms with E-state index in [1.54, 1.807) is 7.11 Å². The minimum Gasteiger partial charge on any atom is -0.483 e. The lowest BCUT2D eigenvalue weighted by Crippen LogP contribution is -2.30. The van der Waals surface area contributed by atoms with Crippen molar-refractivity contribution in [3.05, 3.63) is 28.8 Å². The molecule has 5 nitrogen and oxygen atoms in total. The van der Waals surface area contributed by atoms with E-state index in [1.165, 1.54) is 0 Å². The summed E-state index contributed by atoms with van der Waals surface area (Å²) >= 11 is 6.16. The SMILES string of the molecule is CCNCc1c(Cl)cccc1OCC(=O)NCCCOC. The van der Waals surface area contributed by atoms with Crippen molar-refractivity contribution in [2.45, 2.75) is 19.9 Å². The molecule has 0 heterocycles. The summed E-state index contributed by atoms with van der Waals surface area (Å²) < 4.78 is 10.5. The van der Waals surface area contributed by atoms with Crippen LogP contribution < -0.4 is 15.4 Å². The normalized spacial score (nSPS) is 10.4. The highest BCUT2D eigenvalue weighted by Gasteiger charge is 2.09. The van der Waals surface area contributed by atoms with Crippen LogP contribution in [0.15, 0.2) is 18.2 Å². The maximum Gasteiger partial charge on any atom is 0.257 e. The maximum atomic E-state index is 11.7. The summed E-state index contributed by atoms with van der Waals surface area (Å²) in [7, 11) is 1.63. The third kappa shape index (κ3) is 6.80. The second-order valence-electron chi connectivity index (χ2n) is 4.48. The van der Waals surface area contributed by atoms with Crippen molar-refractivity contribution in [1.29, 1.82) is 0 Å². The van der Waals surface area contributed by atoms with Crippen molar-refractivity contribution in [2.75, 3.05) is 33.4 Å². The molecule has 1 amide bonds. The highest BCUT2D eigenvalue weighted by molar-refractivity contribution is 6.31. The van der Waals surface area contributed by atoms with Crippen molar-refractivity contribution in [3.63, 3.8) is 0 Å². The van der Waals surface area contributed by atoms with E-state index in [4.69, 9.17) is 21.1 Å². The molecule has 1 aromatic carbocycles. The van der Waals surface area contributed by atoms with Gasteiger partial charge in [0.1, 0.15) is 5.75 Å². The van der Waals surface area contributed by atoms with Crippen molar-refractivity contribution < 1.29 is 14.3 Å². The minimum atomic E-state index is -0.152. The van der Waals surface area contributed by atoms with Gasteiger partial charge in [-0.2, -0.15) is 0 Å². The van der Waals surface area contributed by atoms with E-state index in [0.29, 0.717) is 30.5 Å². The lowest BCUT2D eigenvalue weighted by molar-refractivity contribution is -0.123. The molecule has 0 aromatic heterocycles. The molecule has 0 spiro atoms. The Morgan fingerprint density at radius 1 is 1.38 bits per heavy atom. The Balaban J connectivity index is 2.47. The van der Waals surface area contributed by atoms with Gasteiger partial charge in [0.05, 0.1) is 0 Å². The van der Waals surface area contributed by atoms with Crippen molar-refractivity contribution >= 4 is 17.5 Å². The molecule has 0 bridgehead atoms. The molecule has 1 rings (SSSR count). The van der Waals surface area contributed by atoms with Crippen LogP contribution in [0.1, 0.15) is 18.9 Å². The molecule has 0 aliphatic rings. The van der Waals surface area contributed by atoms with Gasteiger partial charge in [-0.1, -0.05) is 24.6 Å². The van der Waals surface area contributed by atoms with Gasteiger partial charge in [0.25, 0.3) is 5.91 Å². The van der Waals surface area contributed by atoms with Crippen molar-refractivity contribution in [3.8, 4) is 5.75 Å². The van der Waals surface area contributed by atoms with Gasteiger partial charge in [0.15, 0.2) is 6.61 Å². The first-order chi connectivity index (χ1) is 10.2. The topological polar surface area (TPSA) is 59.6 Å². The van der Waals surface area contributed by atoms with Crippen LogP contribution in [-0.2, 0) is 16.1 Å². The molecule has 0 aliphatic heterocycles. The fourth-order valence-corrected chi connectivity index (χ4v) is 1.97. The van der Waals surface area contributed by atoms with E-state index in [9.17, 15) is 4.79 Å². The number of methoxy groups -OCH3 is 1. The predicted molar refractivity (Wildman–Crippen MR) is 83.8 cm³/mol. The Labute approximate surface area is 131 Å². The third-order valence-electron chi connectivity index (χ3n) is 2.83. The largest absolute Gasteiger partial charge is 0.483 e.